The number of aromatic nitrogens is 1. The van der Waals surface area contributed by atoms with E-state index in [0.717, 1.165) is 24.8 Å². The maximum atomic E-state index is 5.89. The SMILES string of the molecule is CCCc1cc(CN)cc(N2CCCC2C2CCCC2)n1. The van der Waals surface area contributed by atoms with Crippen LogP contribution >= 0.6 is 0 Å². The molecule has 1 atom stereocenters. The predicted molar refractivity (Wildman–Crippen MR) is 88.4 cm³/mol. The van der Waals surface area contributed by atoms with E-state index in [0.29, 0.717) is 6.54 Å². The lowest BCUT2D eigenvalue weighted by Gasteiger charge is -2.31. The van der Waals surface area contributed by atoms with E-state index >= 15 is 0 Å². The minimum atomic E-state index is 0.619. The van der Waals surface area contributed by atoms with Crippen molar-refractivity contribution in [3.8, 4) is 0 Å². The maximum absolute atomic E-state index is 5.89. The number of anilines is 1. The normalized spacial score (nSPS) is 23.1. The van der Waals surface area contributed by atoms with Gasteiger partial charge in [0.15, 0.2) is 0 Å². The number of pyridine rings is 1. The van der Waals surface area contributed by atoms with Crippen molar-refractivity contribution in [2.24, 2.45) is 11.7 Å². The Morgan fingerprint density at radius 1 is 1.19 bits per heavy atom. The van der Waals surface area contributed by atoms with E-state index in [9.17, 15) is 0 Å². The van der Waals surface area contributed by atoms with Gasteiger partial charge in [-0.1, -0.05) is 26.2 Å². The zero-order valence-corrected chi connectivity index (χ0v) is 13.4. The van der Waals surface area contributed by atoms with Crippen LogP contribution in [0.5, 0.6) is 0 Å². The van der Waals surface area contributed by atoms with Gasteiger partial charge in [-0.15, -0.1) is 0 Å². The zero-order valence-electron chi connectivity index (χ0n) is 13.4. The number of hydrogen-bond donors (Lipinski definition) is 1. The summed E-state index contributed by atoms with van der Waals surface area (Å²) < 4.78 is 0. The van der Waals surface area contributed by atoms with Gasteiger partial charge in [-0.3, -0.25) is 0 Å². The Morgan fingerprint density at radius 2 is 2.00 bits per heavy atom. The van der Waals surface area contributed by atoms with Crippen LogP contribution < -0.4 is 10.6 Å². The van der Waals surface area contributed by atoms with Crippen molar-refractivity contribution in [2.75, 3.05) is 11.4 Å². The van der Waals surface area contributed by atoms with E-state index < -0.39 is 0 Å². The van der Waals surface area contributed by atoms with Crippen LogP contribution in [0, 0.1) is 5.92 Å². The fourth-order valence-electron chi connectivity index (χ4n) is 4.19. The van der Waals surface area contributed by atoms with E-state index in [1.165, 1.54) is 62.1 Å². The van der Waals surface area contributed by atoms with E-state index in [1.54, 1.807) is 0 Å². The number of nitrogens with two attached hydrogens (primary N) is 1. The van der Waals surface area contributed by atoms with E-state index in [1.807, 2.05) is 0 Å². The van der Waals surface area contributed by atoms with Crippen LogP contribution in [-0.2, 0) is 13.0 Å². The van der Waals surface area contributed by atoms with Crippen LogP contribution in [0.4, 0.5) is 5.82 Å². The van der Waals surface area contributed by atoms with Crippen molar-refractivity contribution in [1.29, 1.82) is 0 Å². The van der Waals surface area contributed by atoms with Gasteiger partial charge in [0.2, 0.25) is 0 Å². The number of nitrogens with zero attached hydrogens (tertiary/aromatic N) is 2. The fraction of sp³-hybridized carbons (Fsp3) is 0.722. The first kappa shape index (κ1) is 14.8. The maximum Gasteiger partial charge on any atom is 0.129 e. The van der Waals surface area contributed by atoms with Crippen molar-refractivity contribution in [3.05, 3.63) is 23.4 Å². The molecule has 0 spiro atoms. The van der Waals surface area contributed by atoms with Gasteiger partial charge < -0.3 is 10.6 Å². The van der Waals surface area contributed by atoms with Crippen LogP contribution in [-0.4, -0.2) is 17.6 Å². The lowest BCUT2D eigenvalue weighted by Crippen LogP contribution is -2.35. The molecule has 1 aromatic heterocycles. The summed E-state index contributed by atoms with van der Waals surface area (Å²) in [7, 11) is 0. The van der Waals surface area contributed by atoms with E-state index in [2.05, 4.69) is 24.0 Å². The highest BCUT2D eigenvalue weighted by atomic mass is 15.2. The molecule has 3 nitrogen and oxygen atoms in total. The summed E-state index contributed by atoms with van der Waals surface area (Å²) in [5.41, 5.74) is 8.34. The molecule has 1 aromatic rings. The molecule has 1 saturated carbocycles. The molecule has 0 radical (unpaired) electrons. The Morgan fingerprint density at radius 3 is 2.71 bits per heavy atom. The smallest absolute Gasteiger partial charge is 0.129 e. The molecule has 1 aliphatic carbocycles. The molecule has 2 fully saturated rings. The van der Waals surface area contributed by atoms with Gasteiger partial charge in [0, 0.05) is 24.8 Å². The van der Waals surface area contributed by atoms with Gasteiger partial charge in [-0.05, 0) is 55.7 Å². The molecule has 2 heterocycles. The number of aryl methyl sites for hydroxylation is 1. The first-order chi connectivity index (χ1) is 10.3. The minimum Gasteiger partial charge on any atom is -0.353 e. The highest BCUT2D eigenvalue weighted by Gasteiger charge is 2.34. The first-order valence-electron chi connectivity index (χ1n) is 8.78. The summed E-state index contributed by atoms with van der Waals surface area (Å²) in [6.45, 7) is 4.01. The molecule has 1 saturated heterocycles. The second-order valence-corrected chi connectivity index (χ2v) is 6.73. The van der Waals surface area contributed by atoms with Gasteiger partial charge in [0.1, 0.15) is 5.82 Å². The Kier molecular flexibility index (Phi) is 4.79. The van der Waals surface area contributed by atoms with Crippen molar-refractivity contribution < 1.29 is 0 Å². The van der Waals surface area contributed by atoms with E-state index in [4.69, 9.17) is 10.7 Å². The topological polar surface area (TPSA) is 42.1 Å². The third kappa shape index (κ3) is 3.23. The molecule has 21 heavy (non-hydrogen) atoms. The standard InChI is InChI=1S/C18H29N3/c1-2-6-16-11-14(13-19)12-18(20-16)21-10-5-9-17(21)15-7-3-4-8-15/h11-12,15,17H,2-10,13,19H2,1H3. The molecule has 116 valence electrons. The molecule has 1 unspecified atom stereocenters. The van der Waals surface area contributed by atoms with Crippen molar-refractivity contribution in [2.45, 2.75) is 70.9 Å². The summed E-state index contributed by atoms with van der Waals surface area (Å²) in [6.07, 6.45) is 10.5. The number of rotatable bonds is 5. The molecule has 0 bridgehead atoms. The summed E-state index contributed by atoms with van der Waals surface area (Å²) in [5, 5.41) is 0. The predicted octanol–water partition coefficient (Wildman–Crippen LogP) is 3.65. The van der Waals surface area contributed by atoms with Gasteiger partial charge in [-0.2, -0.15) is 0 Å². The molecule has 1 aliphatic heterocycles. The number of hydrogen-bond acceptors (Lipinski definition) is 3. The first-order valence-corrected chi connectivity index (χ1v) is 8.78. The molecule has 3 rings (SSSR count). The van der Waals surface area contributed by atoms with Gasteiger partial charge in [-0.25, -0.2) is 4.98 Å². The summed E-state index contributed by atoms with van der Waals surface area (Å²) >= 11 is 0. The van der Waals surface area contributed by atoms with E-state index in [-0.39, 0.29) is 0 Å². The third-order valence-corrected chi connectivity index (χ3v) is 5.20. The monoisotopic (exact) mass is 287 g/mol. The molecule has 2 aliphatic rings. The van der Waals surface area contributed by atoms with Gasteiger partial charge >= 0.3 is 0 Å². The van der Waals surface area contributed by atoms with Crippen LogP contribution in [0.15, 0.2) is 12.1 Å². The quantitative estimate of drug-likeness (QED) is 0.899. The highest BCUT2D eigenvalue weighted by molar-refractivity contribution is 5.45. The Balaban J connectivity index is 1.85. The van der Waals surface area contributed by atoms with Crippen LogP contribution in [0.1, 0.15) is 63.1 Å². The molecular weight excluding hydrogens is 258 g/mol. The van der Waals surface area contributed by atoms with Crippen molar-refractivity contribution in [1.82, 2.24) is 4.98 Å². The van der Waals surface area contributed by atoms with Crippen LogP contribution in [0.2, 0.25) is 0 Å². The summed E-state index contributed by atoms with van der Waals surface area (Å²) in [6, 6.07) is 5.14. The van der Waals surface area contributed by atoms with Crippen LogP contribution in [0.3, 0.4) is 0 Å². The molecule has 2 N–H and O–H groups in total. The second kappa shape index (κ2) is 6.78. The third-order valence-electron chi connectivity index (χ3n) is 5.20. The van der Waals surface area contributed by atoms with Gasteiger partial charge in [0.05, 0.1) is 0 Å². The average molecular weight is 287 g/mol. The molecule has 0 aromatic carbocycles. The van der Waals surface area contributed by atoms with Crippen molar-refractivity contribution in [3.63, 3.8) is 0 Å². The van der Waals surface area contributed by atoms with Gasteiger partial charge in [0.25, 0.3) is 0 Å². The Hall–Kier alpha value is -1.09. The summed E-state index contributed by atoms with van der Waals surface area (Å²) in [5.74, 6) is 2.08. The fourth-order valence-corrected chi connectivity index (χ4v) is 4.19. The lowest BCUT2D eigenvalue weighted by molar-refractivity contribution is 0.429. The Labute approximate surface area is 128 Å². The molecule has 3 heteroatoms. The Bertz CT molecular complexity index is 466. The summed E-state index contributed by atoms with van der Waals surface area (Å²) in [4.78, 5) is 7.54. The zero-order chi connectivity index (χ0) is 14.7. The minimum absolute atomic E-state index is 0.619. The molecule has 0 amide bonds. The average Bonchev–Trinajstić information content (AvgIpc) is 3.17. The van der Waals surface area contributed by atoms with Crippen LogP contribution in [0.25, 0.3) is 0 Å². The van der Waals surface area contributed by atoms with Crippen molar-refractivity contribution >= 4 is 5.82 Å². The second-order valence-electron chi connectivity index (χ2n) is 6.73. The highest BCUT2D eigenvalue weighted by Crippen LogP contribution is 2.37. The lowest BCUT2D eigenvalue weighted by atomic mass is 9.96. The largest absolute Gasteiger partial charge is 0.353 e. The molecular formula is C18H29N3.